The molecule has 0 spiro atoms. The predicted molar refractivity (Wildman–Crippen MR) is 102 cm³/mol. The second kappa shape index (κ2) is 7.53. The van der Waals surface area contributed by atoms with Crippen LogP contribution in [0.15, 0.2) is 24.7 Å². The molecule has 142 valence electrons. The van der Waals surface area contributed by atoms with Crippen LogP contribution >= 0.6 is 0 Å². The molecule has 0 aliphatic heterocycles. The van der Waals surface area contributed by atoms with E-state index in [0.717, 1.165) is 31.4 Å². The van der Waals surface area contributed by atoms with Gasteiger partial charge in [0.05, 0.1) is 11.4 Å². The fraction of sp³-hybridized carbons (Fsp3) is 0.579. The molecule has 2 heterocycles. The number of aliphatic hydroxyl groups excluding tert-OH is 1. The molecule has 7 heteroatoms. The number of aromatic nitrogens is 2. The predicted octanol–water partition coefficient (Wildman–Crippen LogP) is 3.64. The number of ether oxygens (including phenoxy) is 1. The SMILES string of the molecule is CC(C)(C)OC(=O)Nc1cc(NC2CCCCC2CO)cn2ccnc12. The number of rotatable bonds is 4. The third kappa shape index (κ3) is 4.46. The van der Waals surface area contributed by atoms with Gasteiger partial charge in [0.1, 0.15) is 5.60 Å². The number of nitrogens with zero attached hydrogens (tertiary/aromatic N) is 2. The van der Waals surface area contributed by atoms with Crippen LogP contribution in [0.2, 0.25) is 0 Å². The van der Waals surface area contributed by atoms with E-state index in [1.807, 2.05) is 43.6 Å². The van der Waals surface area contributed by atoms with E-state index in [1.165, 1.54) is 0 Å². The zero-order valence-corrected chi connectivity index (χ0v) is 15.7. The van der Waals surface area contributed by atoms with E-state index in [4.69, 9.17) is 4.74 Å². The summed E-state index contributed by atoms with van der Waals surface area (Å²) in [5.41, 5.74) is 1.56. The first-order chi connectivity index (χ1) is 12.4. The summed E-state index contributed by atoms with van der Waals surface area (Å²) in [7, 11) is 0. The minimum absolute atomic E-state index is 0.188. The van der Waals surface area contributed by atoms with Gasteiger partial charge in [0.25, 0.3) is 0 Å². The van der Waals surface area contributed by atoms with E-state index in [-0.39, 0.29) is 18.6 Å². The third-order valence-corrected chi connectivity index (χ3v) is 4.62. The van der Waals surface area contributed by atoms with Crippen LogP contribution in [0, 0.1) is 5.92 Å². The van der Waals surface area contributed by atoms with Gasteiger partial charge in [-0.25, -0.2) is 9.78 Å². The van der Waals surface area contributed by atoms with Crippen molar-refractivity contribution >= 4 is 23.1 Å². The number of fused-ring (bicyclic) bond motifs is 1. The molecule has 7 nitrogen and oxygen atoms in total. The Labute approximate surface area is 153 Å². The largest absolute Gasteiger partial charge is 0.444 e. The van der Waals surface area contributed by atoms with Crippen LogP contribution in [0.5, 0.6) is 0 Å². The van der Waals surface area contributed by atoms with Gasteiger partial charge in [0, 0.05) is 37.2 Å². The summed E-state index contributed by atoms with van der Waals surface area (Å²) in [6, 6.07) is 2.10. The highest BCUT2D eigenvalue weighted by molar-refractivity contribution is 5.90. The van der Waals surface area contributed by atoms with Crippen molar-refractivity contribution < 1.29 is 14.6 Å². The van der Waals surface area contributed by atoms with E-state index >= 15 is 0 Å². The Morgan fingerprint density at radius 2 is 2.15 bits per heavy atom. The lowest BCUT2D eigenvalue weighted by Gasteiger charge is -2.31. The van der Waals surface area contributed by atoms with Crippen LogP contribution in [-0.2, 0) is 4.74 Å². The van der Waals surface area contributed by atoms with Gasteiger partial charge in [-0.1, -0.05) is 12.8 Å². The van der Waals surface area contributed by atoms with Gasteiger partial charge in [-0.3, -0.25) is 5.32 Å². The fourth-order valence-corrected chi connectivity index (χ4v) is 3.45. The third-order valence-electron chi connectivity index (χ3n) is 4.62. The Morgan fingerprint density at radius 1 is 1.38 bits per heavy atom. The van der Waals surface area contributed by atoms with Crippen molar-refractivity contribution in [2.45, 2.75) is 58.1 Å². The van der Waals surface area contributed by atoms with Crippen LogP contribution in [0.3, 0.4) is 0 Å². The molecule has 1 aliphatic rings. The minimum Gasteiger partial charge on any atom is -0.444 e. The van der Waals surface area contributed by atoms with E-state index in [9.17, 15) is 9.90 Å². The van der Waals surface area contributed by atoms with E-state index in [1.54, 1.807) is 6.20 Å². The number of imidazole rings is 1. The number of anilines is 2. The van der Waals surface area contributed by atoms with Gasteiger partial charge in [-0.05, 0) is 39.7 Å². The first-order valence-electron chi connectivity index (χ1n) is 9.20. The number of carbonyl (C=O) groups is 1. The molecular weight excluding hydrogens is 332 g/mol. The smallest absolute Gasteiger partial charge is 0.412 e. The molecule has 2 atom stereocenters. The molecular formula is C19H28N4O3. The average molecular weight is 360 g/mol. The highest BCUT2D eigenvalue weighted by atomic mass is 16.6. The molecule has 26 heavy (non-hydrogen) atoms. The lowest BCUT2D eigenvalue weighted by Crippen LogP contribution is -2.34. The molecule has 0 saturated heterocycles. The zero-order chi connectivity index (χ0) is 18.7. The lowest BCUT2D eigenvalue weighted by atomic mass is 9.85. The second-order valence-electron chi connectivity index (χ2n) is 7.91. The Bertz CT molecular complexity index is 766. The molecule has 1 saturated carbocycles. The highest BCUT2D eigenvalue weighted by Crippen LogP contribution is 2.29. The topological polar surface area (TPSA) is 87.9 Å². The molecule has 2 aromatic rings. The van der Waals surface area contributed by atoms with Gasteiger partial charge in [-0.2, -0.15) is 0 Å². The summed E-state index contributed by atoms with van der Waals surface area (Å²) in [4.78, 5) is 16.5. The standard InChI is InChI=1S/C19H28N4O3/c1-19(2,3)26-18(25)22-16-10-14(11-23-9-8-20-17(16)23)21-15-7-5-4-6-13(15)12-24/h8-11,13,15,21,24H,4-7,12H2,1-3H3,(H,22,25). The summed E-state index contributed by atoms with van der Waals surface area (Å²) in [5, 5.41) is 16.0. The molecule has 0 radical (unpaired) electrons. The zero-order valence-electron chi connectivity index (χ0n) is 15.7. The number of hydrogen-bond donors (Lipinski definition) is 3. The van der Waals surface area contributed by atoms with Gasteiger partial charge in [-0.15, -0.1) is 0 Å². The first kappa shape index (κ1) is 18.5. The second-order valence-corrected chi connectivity index (χ2v) is 7.91. The molecule has 1 amide bonds. The number of nitrogens with one attached hydrogen (secondary N) is 2. The van der Waals surface area contributed by atoms with Crippen molar-refractivity contribution in [2.24, 2.45) is 5.92 Å². The molecule has 1 fully saturated rings. The Hall–Kier alpha value is -2.28. The summed E-state index contributed by atoms with van der Waals surface area (Å²) < 4.78 is 7.22. The summed E-state index contributed by atoms with van der Waals surface area (Å²) in [5.74, 6) is 0.254. The molecule has 2 aromatic heterocycles. The quantitative estimate of drug-likeness (QED) is 0.775. The Morgan fingerprint density at radius 3 is 2.88 bits per heavy atom. The normalized spacial score (nSPS) is 20.8. The van der Waals surface area contributed by atoms with Crippen molar-refractivity contribution in [1.29, 1.82) is 0 Å². The van der Waals surface area contributed by atoms with Gasteiger partial charge in [0.15, 0.2) is 5.65 Å². The summed E-state index contributed by atoms with van der Waals surface area (Å²) in [6.45, 7) is 5.67. The molecule has 0 bridgehead atoms. The number of hydrogen-bond acceptors (Lipinski definition) is 5. The molecule has 3 rings (SSSR count). The van der Waals surface area contributed by atoms with Gasteiger partial charge in [0.2, 0.25) is 0 Å². The van der Waals surface area contributed by atoms with Crippen LogP contribution in [0.25, 0.3) is 5.65 Å². The first-order valence-corrected chi connectivity index (χ1v) is 9.20. The van der Waals surface area contributed by atoms with Crippen molar-refractivity contribution in [3.63, 3.8) is 0 Å². The molecule has 1 aliphatic carbocycles. The van der Waals surface area contributed by atoms with Crippen LogP contribution in [0.4, 0.5) is 16.2 Å². The van der Waals surface area contributed by atoms with E-state index in [0.29, 0.717) is 11.3 Å². The number of pyridine rings is 1. The van der Waals surface area contributed by atoms with Crippen LogP contribution < -0.4 is 10.6 Å². The van der Waals surface area contributed by atoms with Crippen molar-refractivity contribution in [2.75, 3.05) is 17.2 Å². The maximum Gasteiger partial charge on any atom is 0.412 e. The lowest BCUT2D eigenvalue weighted by molar-refractivity contribution is 0.0636. The van der Waals surface area contributed by atoms with Crippen molar-refractivity contribution in [3.05, 3.63) is 24.7 Å². The summed E-state index contributed by atoms with van der Waals surface area (Å²) >= 11 is 0. The fourth-order valence-electron chi connectivity index (χ4n) is 3.45. The number of carbonyl (C=O) groups excluding carboxylic acids is 1. The van der Waals surface area contributed by atoms with Crippen molar-refractivity contribution in [3.8, 4) is 0 Å². The average Bonchev–Trinajstić information content (AvgIpc) is 3.02. The van der Waals surface area contributed by atoms with Gasteiger partial charge < -0.3 is 19.6 Å². The van der Waals surface area contributed by atoms with Gasteiger partial charge >= 0.3 is 6.09 Å². The van der Waals surface area contributed by atoms with Crippen molar-refractivity contribution in [1.82, 2.24) is 9.38 Å². The van der Waals surface area contributed by atoms with Crippen LogP contribution in [0.1, 0.15) is 46.5 Å². The summed E-state index contributed by atoms with van der Waals surface area (Å²) in [6.07, 6.45) is 9.35. The van der Waals surface area contributed by atoms with E-state index < -0.39 is 11.7 Å². The molecule has 3 N–H and O–H groups in total. The Balaban J connectivity index is 1.82. The molecule has 0 aromatic carbocycles. The minimum atomic E-state index is -0.567. The monoisotopic (exact) mass is 360 g/mol. The van der Waals surface area contributed by atoms with E-state index in [2.05, 4.69) is 15.6 Å². The molecule has 2 unspecified atom stereocenters. The highest BCUT2D eigenvalue weighted by Gasteiger charge is 2.25. The Kier molecular flexibility index (Phi) is 5.36. The number of amides is 1. The maximum absolute atomic E-state index is 12.2. The maximum atomic E-state index is 12.2. The number of aliphatic hydroxyl groups is 1. The van der Waals surface area contributed by atoms with Crippen LogP contribution in [-0.4, -0.2) is 38.8 Å².